The molecule has 2 aliphatic heterocycles. The summed E-state index contributed by atoms with van der Waals surface area (Å²) in [7, 11) is 1.67. The van der Waals surface area contributed by atoms with E-state index in [2.05, 4.69) is 6.07 Å². The Morgan fingerprint density at radius 2 is 2.22 bits per heavy atom. The van der Waals surface area contributed by atoms with Crippen molar-refractivity contribution in [2.24, 2.45) is 11.3 Å². The third kappa shape index (κ3) is 3.07. The molecule has 3 fully saturated rings. The van der Waals surface area contributed by atoms with E-state index in [-0.39, 0.29) is 17.9 Å². The maximum Gasteiger partial charge on any atom is 0.243 e. The molecule has 23 heavy (non-hydrogen) atoms. The Morgan fingerprint density at radius 3 is 2.87 bits per heavy atom. The summed E-state index contributed by atoms with van der Waals surface area (Å²) in [5, 5.41) is 9.23. The number of ether oxygens (including phenoxy) is 1. The predicted octanol–water partition coefficient (Wildman–Crippen LogP) is 1.17. The van der Waals surface area contributed by atoms with E-state index in [1.807, 2.05) is 9.80 Å². The van der Waals surface area contributed by atoms with E-state index in [1.54, 1.807) is 7.11 Å². The second-order valence-electron chi connectivity index (χ2n) is 7.03. The maximum absolute atomic E-state index is 12.6. The summed E-state index contributed by atoms with van der Waals surface area (Å²) >= 11 is 0. The van der Waals surface area contributed by atoms with Gasteiger partial charge in [-0.25, -0.2) is 0 Å². The number of piperidine rings is 2. The number of carbonyl (C=O) groups is 2. The topological polar surface area (TPSA) is 73.6 Å². The first kappa shape index (κ1) is 16.3. The van der Waals surface area contributed by atoms with Crippen LogP contribution in [0, 0.1) is 22.7 Å². The van der Waals surface area contributed by atoms with Gasteiger partial charge in [-0.15, -0.1) is 0 Å². The highest BCUT2D eigenvalue weighted by atomic mass is 16.5. The summed E-state index contributed by atoms with van der Waals surface area (Å²) in [5.41, 5.74) is -0.727. The Morgan fingerprint density at radius 1 is 1.43 bits per heavy atom. The van der Waals surface area contributed by atoms with E-state index in [9.17, 15) is 14.9 Å². The van der Waals surface area contributed by atoms with E-state index in [0.29, 0.717) is 44.9 Å². The molecular formula is C17H25N3O3. The van der Waals surface area contributed by atoms with Crippen molar-refractivity contribution < 1.29 is 14.3 Å². The minimum atomic E-state index is -0.727. The van der Waals surface area contributed by atoms with Crippen molar-refractivity contribution in [3.05, 3.63) is 0 Å². The van der Waals surface area contributed by atoms with Crippen LogP contribution < -0.4 is 0 Å². The Bertz CT molecular complexity index is 524. The third-order valence-electron chi connectivity index (χ3n) is 5.55. The van der Waals surface area contributed by atoms with Gasteiger partial charge in [0.2, 0.25) is 11.8 Å². The van der Waals surface area contributed by atoms with Gasteiger partial charge in [-0.3, -0.25) is 9.59 Å². The summed E-state index contributed by atoms with van der Waals surface area (Å²) in [5.74, 6) is 0.599. The molecule has 0 spiro atoms. The van der Waals surface area contributed by atoms with Crippen molar-refractivity contribution in [3.8, 4) is 6.07 Å². The molecule has 2 atom stereocenters. The molecule has 2 heterocycles. The molecule has 2 saturated heterocycles. The second-order valence-corrected chi connectivity index (χ2v) is 7.03. The highest BCUT2D eigenvalue weighted by molar-refractivity contribution is 5.88. The van der Waals surface area contributed by atoms with E-state index in [1.165, 1.54) is 0 Å². The molecule has 3 rings (SSSR count). The molecule has 0 aromatic carbocycles. The van der Waals surface area contributed by atoms with Gasteiger partial charge < -0.3 is 14.5 Å². The number of methoxy groups -OCH3 is 1. The number of hydrogen-bond acceptors (Lipinski definition) is 4. The van der Waals surface area contributed by atoms with Crippen molar-refractivity contribution in [1.29, 1.82) is 5.26 Å². The second kappa shape index (κ2) is 6.48. The number of amides is 2. The Hall–Kier alpha value is -1.61. The molecule has 0 aromatic heterocycles. The number of nitrogens with zero attached hydrogens (tertiary/aromatic N) is 3. The van der Waals surface area contributed by atoms with Gasteiger partial charge in [-0.05, 0) is 38.0 Å². The van der Waals surface area contributed by atoms with Crippen molar-refractivity contribution in [1.82, 2.24) is 9.80 Å². The zero-order valence-corrected chi connectivity index (χ0v) is 13.8. The van der Waals surface area contributed by atoms with Crippen LogP contribution in [0.15, 0.2) is 0 Å². The number of hydrogen-bond donors (Lipinski definition) is 0. The fourth-order valence-corrected chi connectivity index (χ4v) is 4.01. The molecule has 2 amide bonds. The lowest BCUT2D eigenvalue weighted by molar-refractivity contribution is -0.145. The van der Waals surface area contributed by atoms with Gasteiger partial charge in [0.15, 0.2) is 0 Å². The average molecular weight is 319 g/mol. The molecule has 126 valence electrons. The van der Waals surface area contributed by atoms with Crippen LogP contribution in [-0.4, -0.2) is 61.0 Å². The number of carbonyl (C=O) groups excluding carboxylic acids is 2. The lowest BCUT2D eigenvalue weighted by atomic mass is 9.83. The summed E-state index contributed by atoms with van der Waals surface area (Å²) in [4.78, 5) is 28.7. The van der Waals surface area contributed by atoms with Crippen LogP contribution in [0.2, 0.25) is 0 Å². The normalized spacial score (nSPS) is 29.0. The molecule has 6 nitrogen and oxygen atoms in total. The minimum Gasteiger partial charge on any atom is -0.385 e. The molecule has 0 N–H and O–H groups in total. The fourth-order valence-electron chi connectivity index (χ4n) is 4.01. The Balaban J connectivity index is 1.62. The van der Waals surface area contributed by atoms with Crippen LogP contribution in [0.1, 0.15) is 38.5 Å². The number of rotatable bonds is 5. The average Bonchev–Trinajstić information content (AvgIpc) is 3.37. The third-order valence-corrected chi connectivity index (χ3v) is 5.55. The van der Waals surface area contributed by atoms with Crippen LogP contribution >= 0.6 is 0 Å². The van der Waals surface area contributed by atoms with Crippen LogP contribution in [0.25, 0.3) is 0 Å². The zero-order valence-electron chi connectivity index (χ0n) is 13.8. The van der Waals surface area contributed by atoms with E-state index in [0.717, 1.165) is 25.8 Å². The van der Waals surface area contributed by atoms with Crippen molar-refractivity contribution >= 4 is 11.8 Å². The first-order chi connectivity index (χ1) is 11.1. The number of nitriles is 1. The van der Waals surface area contributed by atoms with E-state index >= 15 is 0 Å². The SMILES string of the molecule is COCCCN1C(=O)CC[C@H]2CN(C(=O)C3(C#N)CC3)CC[C@H]21. The van der Waals surface area contributed by atoms with Gasteiger partial charge in [0.25, 0.3) is 0 Å². The minimum absolute atomic E-state index is 0.0151. The quantitative estimate of drug-likeness (QED) is 0.713. The number of fused-ring (bicyclic) bond motifs is 1. The van der Waals surface area contributed by atoms with E-state index < -0.39 is 5.41 Å². The smallest absolute Gasteiger partial charge is 0.243 e. The van der Waals surface area contributed by atoms with Crippen LogP contribution in [-0.2, 0) is 14.3 Å². The molecule has 0 bridgehead atoms. The van der Waals surface area contributed by atoms with Gasteiger partial charge in [0.05, 0.1) is 6.07 Å². The standard InChI is InChI=1S/C17H25N3O3/c1-23-10-2-8-20-14-5-9-19(11-13(14)3-4-15(20)21)16(22)17(12-18)6-7-17/h13-14H,2-11H2,1H3/t13-,14+/m0/s1. The molecule has 6 heteroatoms. The summed E-state index contributed by atoms with van der Waals surface area (Å²) in [6.07, 6.45) is 4.51. The lowest BCUT2D eigenvalue weighted by Crippen LogP contribution is -2.57. The number of likely N-dealkylation sites (tertiary alicyclic amines) is 2. The van der Waals surface area contributed by atoms with Gasteiger partial charge in [-0.1, -0.05) is 0 Å². The fraction of sp³-hybridized carbons (Fsp3) is 0.824. The van der Waals surface area contributed by atoms with Gasteiger partial charge >= 0.3 is 0 Å². The van der Waals surface area contributed by atoms with Crippen molar-refractivity contribution in [2.45, 2.75) is 44.6 Å². The molecule has 1 aliphatic carbocycles. The maximum atomic E-state index is 12.6. The molecule has 0 unspecified atom stereocenters. The first-order valence-corrected chi connectivity index (χ1v) is 8.60. The molecule has 0 aromatic rings. The Labute approximate surface area is 137 Å². The molecule has 0 radical (unpaired) electrons. The van der Waals surface area contributed by atoms with Crippen molar-refractivity contribution in [3.63, 3.8) is 0 Å². The van der Waals surface area contributed by atoms with Gasteiger partial charge in [0.1, 0.15) is 5.41 Å². The van der Waals surface area contributed by atoms with Crippen molar-refractivity contribution in [2.75, 3.05) is 33.4 Å². The van der Waals surface area contributed by atoms with Gasteiger partial charge in [-0.2, -0.15) is 5.26 Å². The summed E-state index contributed by atoms with van der Waals surface area (Å²) < 4.78 is 5.09. The highest BCUT2D eigenvalue weighted by Crippen LogP contribution is 2.47. The molecule has 1 saturated carbocycles. The summed E-state index contributed by atoms with van der Waals surface area (Å²) in [6.45, 7) is 2.76. The summed E-state index contributed by atoms with van der Waals surface area (Å²) in [6, 6.07) is 2.45. The van der Waals surface area contributed by atoms with Crippen LogP contribution in [0.4, 0.5) is 0 Å². The Kier molecular flexibility index (Phi) is 4.58. The van der Waals surface area contributed by atoms with Crippen LogP contribution in [0.5, 0.6) is 0 Å². The highest BCUT2D eigenvalue weighted by Gasteiger charge is 2.53. The largest absolute Gasteiger partial charge is 0.385 e. The predicted molar refractivity (Wildman–Crippen MR) is 83.2 cm³/mol. The lowest BCUT2D eigenvalue weighted by Gasteiger charge is -2.47. The van der Waals surface area contributed by atoms with Gasteiger partial charge in [0, 0.05) is 45.8 Å². The zero-order chi connectivity index (χ0) is 16.4. The van der Waals surface area contributed by atoms with E-state index in [4.69, 9.17) is 4.74 Å². The first-order valence-electron chi connectivity index (χ1n) is 8.60. The van der Waals surface area contributed by atoms with Crippen LogP contribution in [0.3, 0.4) is 0 Å². The molecule has 3 aliphatic rings. The molecular weight excluding hydrogens is 294 g/mol. The monoisotopic (exact) mass is 319 g/mol.